The van der Waals surface area contributed by atoms with Gasteiger partial charge in [-0.25, -0.2) is 0 Å². The van der Waals surface area contributed by atoms with Crippen molar-refractivity contribution in [1.29, 1.82) is 0 Å². The minimum absolute atomic E-state index is 0.219. The number of nitrogens with zero attached hydrogens (tertiary/aromatic N) is 1. The van der Waals surface area contributed by atoms with E-state index in [2.05, 4.69) is 4.98 Å². The van der Waals surface area contributed by atoms with E-state index in [0.29, 0.717) is 12.3 Å². The lowest BCUT2D eigenvalue weighted by molar-refractivity contribution is -0.118. The van der Waals surface area contributed by atoms with E-state index in [1.165, 1.54) is 0 Å². The van der Waals surface area contributed by atoms with Gasteiger partial charge in [-0.05, 0) is 6.92 Å². The smallest absolute Gasteiger partial charge is 0.185 e. The second kappa shape index (κ2) is 2.97. The molecule has 70 valence electrons. The summed E-state index contributed by atoms with van der Waals surface area (Å²) in [5, 5.41) is 9.63. The first-order chi connectivity index (χ1) is 6.24. The van der Waals surface area contributed by atoms with Crippen LogP contribution in [0.15, 0.2) is 6.20 Å². The maximum absolute atomic E-state index is 9.63. The summed E-state index contributed by atoms with van der Waals surface area (Å²) in [5.41, 5.74) is 2.24. The third kappa shape index (κ3) is 1.18. The Morgan fingerprint density at radius 1 is 1.69 bits per heavy atom. The summed E-state index contributed by atoms with van der Waals surface area (Å²) in [6, 6.07) is 0. The fourth-order valence-electron chi connectivity index (χ4n) is 1.46. The summed E-state index contributed by atoms with van der Waals surface area (Å²) in [4.78, 5) is 4.04. The molecule has 0 aliphatic carbocycles. The number of aryl methyl sites for hydroxylation is 1. The zero-order chi connectivity index (χ0) is 9.42. The van der Waals surface area contributed by atoms with Crippen LogP contribution in [0.25, 0.3) is 0 Å². The van der Waals surface area contributed by atoms with Crippen LogP contribution in [0.3, 0.4) is 0 Å². The molecule has 0 bridgehead atoms. The van der Waals surface area contributed by atoms with Crippen molar-refractivity contribution in [3.8, 4) is 5.75 Å². The maximum atomic E-state index is 9.63. The average Bonchev–Trinajstić information content (AvgIpc) is 2.55. The molecule has 0 aromatic carbocycles. The summed E-state index contributed by atoms with van der Waals surface area (Å²) in [5.74, 6) is 0.219. The van der Waals surface area contributed by atoms with Gasteiger partial charge < -0.3 is 14.6 Å². The van der Waals surface area contributed by atoms with Gasteiger partial charge in [-0.15, -0.1) is 0 Å². The van der Waals surface area contributed by atoms with Gasteiger partial charge in [0.15, 0.2) is 6.29 Å². The van der Waals surface area contributed by atoms with E-state index in [1.54, 1.807) is 20.2 Å². The van der Waals surface area contributed by atoms with Crippen LogP contribution in [-0.4, -0.2) is 17.2 Å². The van der Waals surface area contributed by atoms with Crippen LogP contribution in [0.4, 0.5) is 0 Å². The Kier molecular flexibility index (Phi) is 1.94. The standard InChI is InChI=1S/C9H11NO3/c1-5-8(11)7-4-13-9(12-2)6(7)3-10-5/h3,9,11H,4H2,1-2H3. The van der Waals surface area contributed by atoms with Crippen LogP contribution in [0.2, 0.25) is 0 Å². The molecule has 2 rings (SSSR count). The molecule has 1 aromatic heterocycles. The predicted octanol–water partition coefficient (Wildman–Crippen LogP) is 1.27. The van der Waals surface area contributed by atoms with Crippen LogP contribution in [0, 0.1) is 6.92 Å². The second-order valence-electron chi connectivity index (χ2n) is 3.00. The SMILES string of the molecule is COC1OCc2c1cnc(C)c2O. The lowest BCUT2D eigenvalue weighted by atomic mass is 10.1. The molecule has 0 spiro atoms. The Morgan fingerprint density at radius 2 is 2.46 bits per heavy atom. The minimum atomic E-state index is -0.381. The summed E-state index contributed by atoms with van der Waals surface area (Å²) in [6.07, 6.45) is 1.31. The number of methoxy groups -OCH3 is 1. The first-order valence-corrected chi connectivity index (χ1v) is 4.05. The van der Waals surface area contributed by atoms with Crippen LogP contribution in [-0.2, 0) is 16.1 Å². The van der Waals surface area contributed by atoms with Gasteiger partial charge in [0.05, 0.1) is 12.3 Å². The maximum Gasteiger partial charge on any atom is 0.185 e. The molecule has 1 aliphatic rings. The molecule has 1 unspecified atom stereocenters. The summed E-state index contributed by atoms with van der Waals surface area (Å²) in [6.45, 7) is 2.15. The van der Waals surface area contributed by atoms with Gasteiger partial charge in [0.25, 0.3) is 0 Å². The van der Waals surface area contributed by atoms with Crippen molar-refractivity contribution < 1.29 is 14.6 Å². The number of rotatable bonds is 1. The van der Waals surface area contributed by atoms with E-state index < -0.39 is 0 Å². The highest BCUT2D eigenvalue weighted by molar-refractivity contribution is 5.42. The number of hydrogen-bond donors (Lipinski definition) is 1. The topological polar surface area (TPSA) is 51.6 Å². The molecule has 0 amide bonds. The zero-order valence-corrected chi connectivity index (χ0v) is 7.57. The Morgan fingerprint density at radius 3 is 3.15 bits per heavy atom. The first-order valence-electron chi connectivity index (χ1n) is 4.05. The fraction of sp³-hybridized carbons (Fsp3) is 0.444. The Hall–Kier alpha value is -1.13. The van der Waals surface area contributed by atoms with Crippen molar-refractivity contribution >= 4 is 0 Å². The third-order valence-electron chi connectivity index (χ3n) is 2.22. The van der Waals surface area contributed by atoms with Crippen LogP contribution in [0.1, 0.15) is 23.1 Å². The van der Waals surface area contributed by atoms with Gasteiger partial charge in [-0.2, -0.15) is 0 Å². The fourth-order valence-corrected chi connectivity index (χ4v) is 1.46. The van der Waals surface area contributed by atoms with Gasteiger partial charge in [0.1, 0.15) is 5.75 Å². The summed E-state index contributed by atoms with van der Waals surface area (Å²) >= 11 is 0. The van der Waals surface area contributed by atoms with Crippen LogP contribution in [0.5, 0.6) is 5.75 Å². The average molecular weight is 181 g/mol. The molecule has 0 radical (unpaired) electrons. The summed E-state index contributed by atoms with van der Waals surface area (Å²) < 4.78 is 10.3. The first kappa shape index (κ1) is 8.47. The highest BCUT2D eigenvalue weighted by Crippen LogP contribution is 2.36. The number of fused-ring (bicyclic) bond motifs is 1. The normalized spacial score (nSPS) is 20.3. The monoisotopic (exact) mass is 181 g/mol. The molecule has 0 saturated heterocycles. The van der Waals surface area contributed by atoms with Crippen molar-refractivity contribution in [2.45, 2.75) is 19.8 Å². The summed E-state index contributed by atoms with van der Waals surface area (Å²) in [7, 11) is 1.57. The van der Waals surface area contributed by atoms with Gasteiger partial charge in [-0.1, -0.05) is 0 Å². The molecule has 13 heavy (non-hydrogen) atoms. The van der Waals surface area contributed by atoms with Gasteiger partial charge in [0.2, 0.25) is 0 Å². The van der Waals surface area contributed by atoms with E-state index in [4.69, 9.17) is 9.47 Å². The van der Waals surface area contributed by atoms with Gasteiger partial charge in [-0.3, -0.25) is 4.98 Å². The van der Waals surface area contributed by atoms with Crippen molar-refractivity contribution in [1.82, 2.24) is 4.98 Å². The Balaban J connectivity index is 2.50. The highest BCUT2D eigenvalue weighted by Gasteiger charge is 2.26. The Bertz CT molecular complexity index is 338. The molecule has 0 fully saturated rings. The number of ether oxygens (including phenoxy) is 2. The lowest BCUT2D eigenvalue weighted by Crippen LogP contribution is -1.98. The molecule has 1 atom stereocenters. The molecule has 1 N–H and O–H groups in total. The Labute approximate surface area is 76.1 Å². The third-order valence-corrected chi connectivity index (χ3v) is 2.22. The molecule has 1 aromatic rings. The second-order valence-corrected chi connectivity index (χ2v) is 3.00. The van der Waals surface area contributed by atoms with Crippen LogP contribution >= 0.6 is 0 Å². The lowest BCUT2D eigenvalue weighted by Gasteiger charge is -2.07. The molecule has 1 aliphatic heterocycles. The number of hydrogen-bond acceptors (Lipinski definition) is 4. The van der Waals surface area contributed by atoms with E-state index in [0.717, 1.165) is 11.1 Å². The predicted molar refractivity (Wildman–Crippen MR) is 45.2 cm³/mol. The zero-order valence-electron chi connectivity index (χ0n) is 7.57. The van der Waals surface area contributed by atoms with Crippen molar-refractivity contribution in [3.05, 3.63) is 23.0 Å². The van der Waals surface area contributed by atoms with E-state index >= 15 is 0 Å². The van der Waals surface area contributed by atoms with Crippen molar-refractivity contribution in [2.75, 3.05) is 7.11 Å². The number of pyridine rings is 1. The molecule has 0 saturated carbocycles. The van der Waals surface area contributed by atoms with Crippen LogP contribution < -0.4 is 0 Å². The van der Waals surface area contributed by atoms with E-state index in [1.807, 2.05) is 0 Å². The molecule has 4 nitrogen and oxygen atoms in total. The molecular formula is C9H11NO3. The quantitative estimate of drug-likeness (QED) is 0.708. The minimum Gasteiger partial charge on any atom is -0.506 e. The number of aromatic hydroxyl groups is 1. The molecule has 4 heteroatoms. The van der Waals surface area contributed by atoms with Crippen molar-refractivity contribution in [2.24, 2.45) is 0 Å². The molecule has 2 heterocycles. The van der Waals surface area contributed by atoms with Crippen molar-refractivity contribution in [3.63, 3.8) is 0 Å². The number of aromatic nitrogens is 1. The van der Waals surface area contributed by atoms with Gasteiger partial charge >= 0.3 is 0 Å². The largest absolute Gasteiger partial charge is 0.506 e. The van der Waals surface area contributed by atoms with E-state index in [-0.39, 0.29) is 12.0 Å². The molecular weight excluding hydrogens is 170 g/mol. The van der Waals surface area contributed by atoms with E-state index in [9.17, 15) is 5.11 Å². The highest BCUT2D eigenvalue weighted by atomic mass is 16.7. The van der Waals surface area contributed by atoms with Gasteiger partial charge in [0, 0.05) is 24.4 Å².